The molecule has 8 nitrogen and oxygen atoms in total. The summed E-state index contributed by atoms with van der Waals surface area (Å²) in [6, 6.07) is 0. The van der Waals surface area contributed by atoms with Crippen molar-refractivity contribution in [3.63, 3.8) is 0 Å². The van der Waals surface area contributed by atoms with Crippen molar-refractivity contribution in [2.75, 3.05) is 25.4 Å². The topological polar surface area (TPSA) is 173 Å². The third-order valence-electron chi connectivity index (χ3n) is 1.30. The van der Waals surface area contributed by atoms with E-state index in [1.165, 1.54) is 0 Å². The maximum absolute atomic E-state index is 10.2. The van der Waals surface area contributed by atoms with Crippen LogP contribution in [0.1, 0.15) is 12.8 Å². The Hall–Kier alpha value is 2.22. The Balaban J connectivity index is -0.000000143. The van der Waals surface area contributed by atoms with Gasteiger partial charge in [0.25, 0.3) is 0 Å². The van der Waals surface area contributed by atoms with Crippen molar-refractivity contribution >= 4 is 15.2 Å². The summed E-state index contributed by atoms with van der Waals surface area (Å²) < 4.78 is 20.3. The molecule has 0 unspecified atom stereocenters. The van der Waals surface area contributed by atoms with E-state index in [4.69, 9.17) is 21.3 Å². The molecule has 0 atom stereocenters. The number of nitrogens with two attached hydrogens (primary N) is 2. The third kappa shape index (κ3) is 36.2. The van der Waals surface area contributed by atoms with Crippen molar-refractivity contribution in [3.05, 3.63) is 0 Å². The maximum atomic E-state index is 10.2. The first kappa shape index (κ1) is 28.4. The van der Waals surface area contributed by atoms with Gasteiger partial charge < -0.3 is 35.6 Å². The molecule has 0 aromatic rings. The number of unbranched alkanes of at least 4 members (excludes halogenated alkanes) is 1. The Morgan fingerprint density at radius 1 is 0.889 bits per heavy atom. The first-order valence-corrected chi connectivity index (χ1v) is 8.10. The molecule has 0 aliphatic carbocycles. The summed E-state index contributed by atoms with van der Waals surface area (Å²) in [5.41, 5.74) is 9.81. The molecular weight excluding hydrogens is 304 g/mol. The fraction of sp³-hybridized carbons (Fsp3) is 1.00. The molecule has 0 aliphatic rings. The standard InChI is InChI=1S/C4H12O6P2.C2H8N2.2Na/c5-11(6,7)3-1-2-4-12(8,9)10;3-1-2-4;;/h1-4H2,(H2,5,6,7)(H2,8,9,10);1-4H2;;/q;;2*+1/p-2. The van der Waals surface area contributed by atoms with Crippen LogP contribution in [0.2, 0.25) is 0 Å². The van der Waals surface area contributed by atoms with Gasteiger partial charge in [0, 0.05) is 19.3 Å². The van der Waals surface area contributed by atoms with Gasteiger partial charge >= 0.3 is 66.7 Å². The van der Waals surface area contributed by atoms with Crippen LogP contribution >= 0.6 is 15.2 Å². The molecule has 0 amide bonds. The molecule has 0 aromatic heterocycles. The molecule has 0 fully saturated rings. The normalized spacial score (nSPS) is 10.6. The monoisotopic (exact) mass is 322 g/mol. The van der Waals surface area contributed by atoms with Gasteiger partial charge in [-0.05, 0) is 19.0 Å². The fourth-order valence-corrected chi connectivity index (χ4v) is 1.87. The molecule has 0 saturated carbocycles. The summed E-state index contributed by atoms with van der Waals surface area (Å²) >= 11 is 0. The van der Waals surface area contributed by atoms with Crippen LogP contribution in [-0.4, -0.2) is 35.2 Å². The maximum Gasteiger partial charge on any atom is 1.00 e. The van der Waals surface area contributed by atoms with Gasteiger partial charge in [-0.1, -0.05) is 7.60 Å². The smallest absolute Gasteiger partial charge is 0.811 e. The second-order valence-electron chi connectivity index (χ2n) is 3.01. The van der Waals surface area contributed by atoms with Crippen LogP contribution in [0.15, 0.2) is 0 Å². The molecule has 0 heterocycles. The molecule has 0 rings (SSSR count). The van der Waals surface area contributed by atoms with Crippen LogP contribution in [0.3, 0.4) is 0 Å². The minimum atomic E-state index is -4.50. The van der Waals surface area contributed by atoms with E-state index in [1.54, 1.807) is 0 Å². The van der Waals surface area contributed by atoms with Gasteiger partial charge in [0.15, 0.2) is 0 Å². The van der Waals surface area contributed by atoms with Gasteiger partial charge in [-0.3, -0.25) is 4.57 Å². The van der Waals surface area contributed by atoms with Crippen molar-refractivity contribution in [2.45, 2.75) is 12.8 Å². The quantitative estimate of drug-likeness (QED) is 0.212. The Morgan fingerprint density at radius 3 is 1.44 bits per heavy atom. The van der Waals surface area contributed by atoms with Gasteiger partial charge in [-0.15, -0.1) is 0 Å². The minimum Gasteiger partial charge on any atom is -0.811 e. The number of rotatable bonds is 6. The largest absolute Gasteiger partial charge is 1.00 e. The SMILES string of the molecule is NCCN.O=P([O-])([O-])CCCCP(=O)(O)O.[Na+].[Na+]. The van der Waals surface area contributed by atoms with E-state index < -0.39 is 21.4 Å². The summed E-state index contributed by atoms with van der Waals surface area (Å²) in [7, 11) is -8.54. The first-order valence-electron chi connectivity index (χ1n) is 4.58. The van der Waals surface area contributed by atoms with Gasteiger partial charge in [0.2, 0.25) is 0 Å². The van der Waals surface area contributed by atoms with Crippen molar-refractivity contribution in [1.82, 2.24) is 0 Å². The summed E-state index contributed by atoms with van der Waals surface area (Å²) in [5.74, 6) is 0. The van der Waals surface area contributed by atoms with Crippen LogP contribution in [0.4, 0.5) is 0 Å². The van der Waals surface area contributed by atoms with Crippen molar-refractivity contribution in [1.29, 1.82) is 0 Å². The molecule has 0 radical (unpaired) electrons. The zero-order valence-corrected chi connectivity index (χ0v) is 16.6. The second kappa shape index (κ2) is 15.6. The molecule has 0 aromatic carbocycles. The van der Waals surface area contributed by atoms with Crippen molar-refractivity contribution < 1.29 is 87.8 Å². The van der Waals surface area contributed by atoms with E-state index in [2.05, 4.69) is 0 Å². The van der Waals surface area contributed by atoms with Crippen LogP contribution in [0, 0.1) is 0 Å². The summed E-state index contributed by atoms with van der Waals surface area (Å²) in [6.45, 7) is 1.19. The van der Waals surface area contributed by atoms with E-state index in [1.807, 2.05) is 0 Å². The summed E-state index contributed by atoms with van der Waals surface area (Å²) in [4.78, 5) is 36.7. The molecule has 0 saturated heterocycles. The van der Waals surface area contributed by atoms with E-state index in [-0.39, 0.29) is 78.1 Å². The van der Waals surface area contributed by atoms with Crippen LogP contribution in [0.25, 0.3) is 0 Å². The molecule has 100 valence electrons. The zero-order valence-electron chi connectivity index (χ0n) is 10.8. The molecule has 18 heavy (non-hydrogen) atoms. The van der Waals surface area contributed by atoms with E-state index in [9.17, 15) is 18.9 Å². The Morgan fingerprint density at radius 2 is 1.22 bits per heavy atom. The van der Waals surface area contributed by atoms with Crippen LogP contribution in [-0.2, 0) is 9.13 Å². The molecule has 12 heteroatoms. The molecule has 6 N–H and O–H groups in total. The average molecular weight is 322 g/mol. The zero-order chi connectivity index (χ0) is 13.2. The van der Waals surface area contributed by atoms with Crippen LogP contribution in [0.5, 0.6) is 0 Å². The number of hydrogen-bond donors (Lipinski definition) is 4. The van der Waals surface area contributed by atoms with Crippen molar-refractivity contribution in [3.8, 4) is 0 Å². The number of hydrogen-bond acceptors (Lipinski definition) is 6. The van der Waals surface area contributed by atoms with Crippen molar-refractivity contribution in [2.24, 2.45) is 11.5 Å². The summed E-state index contributed by atoms with van der Waals surface area (Å²) in [5, 5.41) is 0. The third-order valence-corrected chi connectivity index (χ3v) is 3.06. The van der Waals surface area contributed by atoms with Gasteiger partial charge in [-0.2, -0.15) is 0 Å². The Kier molecular flexibility index (Phi) is 24.6. The molecule has 0 spiro atoms. The van der Waals surface area contributed by atoms with E-state index in [0.29, 0.717) is 13.1 Å². The summed E-state index contributed by atoms with van der Waals surface area (Å²) in [6.07, 6.45) is -0.839. The van der Waals surface area contributed by atoms with E-state index >= 15 is 0 Å². The predicted octanol–water partition coefficient (Wildman–Crippen LogP) is -8.23. The Bertz CT molecular complexity index is 232. The average Bonchev–Trinajstić information content (AvgIpc) is 2.10. The van der Waals surface area contributed by atoms with Gasteiger partial charge in [0.05, 0.1) is 0 Å². The van der Waals surface area contributed by atoms with E-state index in [0.717, 1.165) is 0 Å². The fourth-order valence-electron chi connectivity index (χ4n) is 0.623. The first-order chi connectivity index (χ1) is 7.12. The molecule has 0 aliphatic heterocycles. The Labute approximate surface area is 151 Å². The molecular formula is C6H18N2Na2O6P2. The predicted molar refractivity (Wildman–Crippen MR) is 56.7 cm³/mol. The molecule has 0 bridgehead atoms. The second-order valence-corrected chi connectivity index (χ2v) is 6.45. The van der Waals surface area contributed by atoms with Gasteiger partial charge in [0.1, 0.15) is 0 Å². The van der Waals surface area contributed by atoms with Gasteiger partial charge in [-0.25, -0.2) is 0 Å². The minimum absolute atomic E-state index is 0. The van der Waals surface area contributed by atoms with Crippen LogP contribution < -0.4 is 80.4 Å².